The SMILES string of the molecule is C[n+]1cn(Cc2ccccc2)c(C(N)=O)c1O. The molecule has 5 nitrogen and oxygen atoms in total. The fourth-order valence-electron chi connectivity index (χ4n) is 1.77. The molecule has 0 aliphatic rings. The van der Waals surface area contributed by atoms with E-state index in [1.807, 2.05) is 30.3 Å². The predicted molar refractivity (Wildman–Crippen MR) is 61.3 cm³/mol. The number of aromatic hydroxyl groups is 1. The third-order valence-corrected chi connectivity index (χ3v) is 2.57. The second-order valence-corrected chi connectivity index (χ2v) is 3.88. The van der Waals surface area contributed by atoms with Crippen molar-refractivity contribution in [2.45, 2.75) is 6.54 Å². The summed E-state index contributed by atoms with van der Waals surface area (Å²) in [6, 6.07) is 9.65. The summed E-state index contributed by atoms with van der Waals surface area (Å²) >= 11 is 0. The predicted octanol–water partition coefficient (Wildman–Crippen LogP) is 0.165. The van der Waals surface area contributed by atoms with Crippen LogP contribution in [-0.2, 0) is 13.6 Å². The molecule has 0 atom stereocenters. The van der Waals surface area contributed by atoms with Gasteiger partial charge in [-0.15, -0.1) is 0 Å². The average Bonchev–Trinajstić information content (AvgIpc) is 2.56. The number of benzene rings is 1. The van der Waals surface area contributed by atoms with Gasteiger partial charge in [0, 0.05) is 0 Å². The fourth-order valence-corrected chi connectivity index (χ4v) is 1.77. The maximum atomic E-state index is 11.3. The van der Waals surface area contributed by atoms with E-state index in [1.54, 1.807) is 17.9 Å². The normalized spacial score (nSPS) is 10.4. The fraction of sp³-hybridized carbons (Fsp3) is 0.167. The molecule has 17 heavy (non-hydrogen) atoms. The Balaban J connectivity index is 2.40. The summed E-state index contributed by atoms with van der Waals surface area (Å²) in [5.74, 6) is -0.757. The zero-order valence-electron chi connectivity index (χ0n) is 9.50. The molecule has 0 radical (unpaired) electrons. The first-order chi connectivity index (χ1) is 8.09. The van der Waals surface area contributed by atoms with Crippen LogP contribution in [0.4, 0.5) is 0 Å². The highest BCUT2D eigenvalue weighted by atomic mass is 16.3. The number of aryl methyl sites for hydroxylation is 1. The Morgan fingerprint density at radius 3 is 2.65 bits per heavy atom. The first-order valence-electron chi connectivity index (χ1n) is 5.21. The summed E-state index contributed by atoms with van der Waals surface area (Å²) < 4.78 is 3.09. The maximum Gasteiger partial charge on any atom is 0.335 e. The number of aromatic nitrogens is 2. The van der Waals surface area contributed by atoms with Crippen LogP contribution in [0.5, 0.6) is 5.88 Å². The van der Waals surface area contributed by atoms with Crippen molar-refractivity contribution >= 4 is 5.91 Å². The molecule has 0 bridgehead atoms. The molecule has 1 aromatic heterocycles. The number of imidazole rings is 1. The Morgan fingerprint density at radius 1 is 1.41 bits per heavy atom. The van der Waals surface area contributed by atoms with E-state index in [1.165, 1.54) is 4.57 Å². The zero-order valence-corrected chi connectivity index (χ0v) is 9.50. The number of carbonyl (C=O) groups is 1. The number of amides is 1. The van der Waals surface area contributed by atoms with Gasteiger partial charge in [0.15, 0.2) is 0 Å². The molecular formula is C12H14N3O2+. The van der Waals surface area contributed by atoms with Crippen LogP contribution >= 0.6 is 0 Å². The van der Waals surface area contributed by atoms with E-state index in [-0.39, 0.29) is 11.6 Å². The topological polar surface area (TPSA) is 72.1 Å². The van der Waals surface area contributed by atoms with Crippen LogP contribution in [0.1, 0.15) is 16.1 Å². The van der Waals surface area contributed by atoms with Crippen molar-refractivity contribution in [1.82, 2.24) is 4.57 Å². The maximum absolute atomic E-state index is 11.3. The van der Waals surface area contributed by atoms with Gasteiger partial charge in [0.05, 0.1) is 7.05 Å². The minimum atomic E-state index is -0.640. The van der Waals surface area contributed by atoms with Gasteiger partial charge < -0.3 is 10.8 Å². The van der Waals surface area contributed by atoms with Crippen LogP contribution in [0.2, 0.25) is 0 Å². The first-order valence-corrected chi connectivity index (χ1v) is 5.21. The van der Waals surface area contributed by atoms with Crippen LogP contribution in [0.3, 0.4) is 0 Å². The number of nitrogens with two attached hydrogens (primary N) is 1. The molecular weight excluding hydrogens is 218 g/mol. The molecule has 0 spiro atoms. The van der Waals surface area contributed by atoms with Crippen molar-refractivity contribution in [3.8, 4) is 5.88 Å². The zero-order chi connectivity index (χ0) is 12.4. The molecule has 0 saturated heterocycles. The third-order valence-electron chi connectivity index (χ3n) is 2.57. The summed E-state index contributed by atoms with van der Waals surface area (Å²) in [5, 5.41) is 9.71. The van der Waals surface area contributed by atoms with E-state index in [0.29, 0.717) is 6.54 Å². The number of carbonyl (C=O) groups excluding carboxylic acids is 1. The van der Waals surface area contributed by atoms with Gasteiger partial charge in [-0.3, -0.25) is 4.79 Å². The van der Waals surface area contributed by atoms with Gasteiger partial charge >= 0.3 is 5.88 Å². The van der Waals surface area contributed by atoms with Crippen molar-refractivity contribution in [1.29, 1.82) is 0 Å². The summed E-state index contributed by atoms with van der Waals surface area (Å²) in [5.41, 5.74) is 6.40. The lowest BCUT2D eigenvalue weighted by Gasteiger charge is -1.99. The number of hydrogen-bond acceptors (Lipinski definition) is 2. The molecule has 3 N–H and O–H groups in total. The minimum absolute atomic E-state index is 0.117. The van der Waals surface area contributed by atoms with Crippen LogP contribution in [0.25, 0.3) is 0 Å². The lowest BCUT2D eigenvalue weighted by atomic mass is 10.2. The molecule has 0 unspecified atom stereocenters. The van der Waals surface area contributed by atoms with Crippen molar-refractivity contribution < 1.29 is 14.5 Å². The Bertz CT molecular complexity index is 546. The third kappa shape index (κ3) is 2.13. The Kier molecular flexibility index (Phi) is 2.82. The van der Waals surface area contributed by atoms with Gasteiger partial charge in [0.25, 0.3) is 11.6 Å². The molecule has 0 saturated carbocycles. The van der Waals surface area contributed by atoms with Gasteiger partial charge in [-0.05, 0) is 5.56 Å². The summed E-state index contributed by atoms with van der Waals surface area (Å²) in [7, 11) is 1.66. The minimum Gasteiger partial charge on any atom is -0.475 e. The Morgan fingerprint density at radius 2 is 2.06 bits per heavy atom. The summed E-state index contributed by atoms with van der Waals surface area (Å²) in [6.07, 6.45) is 1.64. The highest BCUT2D eigenvalue weighted by Crippen LogP contribution is 2.13. The van der Waals surface area contributed by atoms with Crippen LogP contribution < -0.4 is 10.3 Å². The summed E-state index contributed by atoms with van der Waals surface area (Å²) in [6.45, 7) is 0.494. The molecule has 1 heterocycles. The number of nitrogens with zero attached hydrogens (tertiary/aromatic N) is 2. The largest absolute Gasteiger partial charge is 0.475 e. The number of hydrogen-bond donors (Lipinski definition) is 2. The molecule has 1 amide bonds. The molecule has 88 valence electrons. The molecule has 0 aliphatic carbocycles. The van der Waals surface area contributed by atoms with E-state index in [9.17, 15) is 9.90 Å². The molecule has 0 fully saturated rings. The van der Waals surface area contributed by atoms with Crippen molar-refractivity contribution in [3.05, 3.63) is 47.9 Å². The van der Waals surface area contributed by atoms with E-state index in [0.717, 1.165) is 5.56 Å². The first kappa shape index (κ1) is 11.2. The molecule has 2 aromatic rings. The van der Waals surface area contributed by atoms with Crippen molar-refractivity contribution in [3.63, 3.8) is 0 Å². The average molecular weight is 232 g/mol. The van der Waals surface area contributed by atoms with Crippen LogP contribution in [0, 0.1) is 0 Å². The standard InChI is InChI=1S/C12H13N3O2/c1-14-8-15(10(11(13)16)12(14)17)7-9-5-3-2-4-6-9/h2-6,8H,7H2,1H3,(H2-,13,16,17)/p+1. The highest BCUT2D eigenvalue weighted by Gasteiger charge is 2.25. The van der Waals surface area contributed by atoms with E-state index in [4.69, 9.17) is 5.73 Å². The monoisotopic (exact) mass is 232 g/mol. The quantitative estimate of drug-likeness (QED) is 0.740. The summed E-state index contributed by atoms with van der Waals surface area (Å²) in [4.78, 5) is 11.3. The number of rotatable bonds is 3. The van der Waals surface area contributed by atoms with Gasteiger partial charge in [0.1, 0.15) is 6.54 Å². The number of primary amides is 1. The Hall–Kier alpha value is -2.30. The van der Waals surface area contributed by atoms with Crippen molar-refractivity contribution in [2.75, 3.05) is 0 Å². The van der Waals surface area contributed by atoms with Gasteiger partial charge in [0.2, 0.25) is 6.33 Å². The van der Waals surface area contributed by atoms with Gasteiger partial charge in [-0.1, -0.05) is 30.3 Å². The van der Waals surface area contributed by atoms with E-state index in [2.05, 4.69) is 0 Å². The molecule has 5 heteroatoms. The van der Waals surface area contributed by atoms with E-state index >= 15 is 0 Å². The lowest BCUT2D eigenvalue weighted by molar-refractivity contribution is -0.677. The molecule has 2 rings (SSSR count). The smallest absolute Gasteiger partial charge is 0.335 e. The van der Waals surface area contributed by atoms with Crippen molar-refractivity contribution in [2.24, 2.45) is 12.8 Å². The second kappa shape index (κ2) is 4.29. The Labute approximate surface area is 98.7 Å². The second-order valence-electron chi connectivity index (χ2n) is 3.88. The molecule has 1 aromatic carbocycles. The van der Waals surface area contributed by atoms with E-state index < -0.39 is 5.91 Å². The highest BCUT2D eigenvalue weighted by molar-refractivity contribution is 5.92. The van der Waals surface area contributed by atoms with Crippen LogP contribution in [0.15, 0.2) is 36.7 Å². The van der Waals surface area contributed by atoms with Crippen LogP contribution in [-0.4, -0.2) is 15.6 Å². The van der Waals surface area contributed by atoms with Gasteiger partial charge in [-0.2, -0.15) is 0 Å². The lowest BCUT2D eigenvalue weighted by Crippen LogP contribution is -2.25. The van der Waals surface area contributed by atoms with Gasteiger partial charge in [-0.25, -0.2) is 9.13 Å². The molecule has 0 aliphatic heterocycles.